The Labute approximate surface area is 208 Å². The molecule has 2 amide bonds. The highest BCUT2D eigenvalue weighted by atomic mass is 35.5. The number of benzene rings is 2. The summed E-state index contributed by atoms with van der Waals surface area (Å²) in [6, 6.07) is 13.0. The van der Waals surface area contributed by atoms with E-state index in [0.717, 1.165) is 9.87 Å². The van der Waals surface area contributed by atoms with Gasteiger partial charge in [-0.2, -0.15) is 0 Å². The maximum atomic E-state index is 13.9. The van der Waals surface area contributed by atoms with Gasteiger partial charge in [0, 0.05) is 24.0 Å². The van der Waals surface area contributed by atoms with Gasteiger partial charge in [-0.3, -0.25) is 18.9 Å². The number of pyridine rings is 1. The number of hydrogen-bond acceptors (Lipinski definition) is 6. The first-order valence-corrected chi connectivity index (χ1v) is 12.6. The van der Waals surface area contributed by atoms with Crippen LogP contribution in [0.3, 0.4) is 0 Å². The summed E-state index contributed by atoms with van der Waals surface area (Å²) in [5.41, 5.74) is 1.54. The van der Waals surface area contributed by atoms with E-state index in [9.17, 15) is 18.0 Å². The number of fused-ring (bicyclic) bond motifs is 1. The number of carbonyl (C=O) groups is 2. The number of amides is 2. The molecule has 2 aromatic carbocycles. The molecule has 1 atom stereocenters. The minimum Gasteiger partial charge on any atom is -0.495 e. The van der Waals surface area contributed by atoms with Crippen LogP contribution in [0.4, 0.5) is 11.4 Å². The van der Waals surface area contributed by atoms with Crippen molar-refractivity contribution in [1.82, 2.24) is 10.3 Å². The molecule has 0 aliphatic carbocycles. The first-order chi connectivity index (χ1) is 16.8. The molecule has 0 radical (unpaired) electrons. The number of anilines is 2. The lowest BCUT2D eigenvalue weighted by Gasteiger charge is -2.37. The van der Waals surface area contributed by atoms with Crippen LogP contribution in [-0.4, -0.2) is 44.9 Å². The Morgan fingerprint density at radius 1 is 1.17 bits per heavy atom. The Bertz CT molecular complexity index is 1350. The fourth-order valence-corrected chi connectivity index (χ4v) is 5.89. The quantitative estimate of drug-likeness (QED) is 0.477. The molecule has 1 aromatic heterocycles. The van der Waals surface area contributed by atoms with Crippen LogP contribution >= 0.6 is 11.6 Å². The second-order valence-electron chi connectivity index (χ2n) is 7.78. The topological polar surface area (TPSA) is 118 Å². The monoisotopic (exact) mass is 514 g/mol. The lowest BCUT2D eigenvalue weighted by molar-refractivity contribution is -0.125. The van der Waals surface area contributed by atoms with Gasteiger partial charge in [0.25, 0.3) is 10.0 Å². The van der Waals surface area contributed by atoms with Crippen molar-refractivity contribution in [3.8, 4) is 5.75 Å². The van der Waals surface area contributed by atoms with Crippen LogP contribution in [-0.2, 0) is 26.0 Å². The van der Waals surface area contributed by atoms with Crippen molar-refractivity contribution in [3.05, 3.63) is 77.6 Å². The van der Waals surface area contributed by atoms with Crippen LogP contribution in [0.25, 0.3) is 0 Å². The summed E-state index contributed by atoms with van der Waals surface area (Å²) in [4.78, 5) is 29.6. The van der Waals surface area contributed by atoms with Gasteiger partial charge in [-0.1, -0.05) is 23.7 Å². The van der Waals surface area contributed by atoms with E-state index in [1.807, 2.05) is 12.1 Å². The summed E-state index contributed by atoms with van der Waals surface area (Å²) in [7, 11) is -3.02. The minimum absolute atomic E-state index is 0.0680. The van der Waals surface area contributed by atoms with Gasteiger partial charge < -0.3 is 15.4 Å². The highest BCUT2D eigenvalue weighted by Gasteiger charge is 2.43. The van der Waals surface area contributed by atoms with Gasteiger partial charge >= 0.3 is 0 Å². The van der Waals surface area contributed by atoms with Crippen LogP contribution in [0, 0.1) is 0 Å². The standard InChI is InChI=1S/C24H23ClN4O5S/c1-34-21-7-6-17(25)14-22(21)35(32,33)29-19-5-3-2-4-18(19)28-24(31)20(29)15-23(30)27-13-10-16-8-11-26-12-9-16/h2-9,11-12,14,20H,10,13,15H2,1H3,(H,27,30)(H,28,31)/t20-/m1/s1. The van der Waals surface area contributed by atoms with Crippen molar-refractivity contribution < 1.29 is 22.7 Å². The van der Waals surface area contributed by atoms with Gasteiger partial charge in [-0.05, 0) is 54.4 Å². The van der Waals surface area contributed by atoms with Crippen molar-refractivity contribution in [1.29, 1.82) is 0 Å². The molecule has 1 aliphatic heterocycles. The molecule has 0 bridgehead atoms. The van der Waals surface area contributed by atoms with Crippen LogP contribution < -0.4 is 19.7 Å². The molecule has 3 aromatic rings. The first kappa shape index (κ1) is 24.5. The molecule has 0 fully saturated rings. The van der Waals surface area contributed by atoms with Gasteiger partial charge in [0.2, 0.25) is 11.8 Å². The van der Waals surface area contributed by atoms with Gasteiger partial charge in [0.05, 0.1) is 24.9 Å². The molecule has 11 heteroatoms. The highest BCUT2D eigenvalue weighted by Crippen LogP contribution is 2.39. The third-order valence-corrected chi connectivity index (χ3v) is 7.59. The zero-order valence-electron chi connectivity index (χ0n) is 18.8. The molecule has 1 aliphatic rings. The predicted octanol–water partition coefficient (Wildman–Crippen LogP) is 3.01. The normalized spacial score (nSPS) is 15.2. The van der Waals surface area contributed by atoms with Crippen LogP contribution in [0.2, 0.25) is 5.02 Å². The molecule has 0 saturated carbocycles. The van der Waals surface area contributed by atoms with E-state index in [0.29, 0.717) is 18.7 Å². The SMILES string of the molecule is COc1ccc(Cl)cc1S(=O)(=O)N1c2ccccc2NC(=O)[C@H]1CC(=O)NCCc1ccncc1. The number of ether oxygens (including phenoxy) is 1. The molecule has 35 heavy (non-hydrogen) atoms. The molecule has 2 heterocycles. The number of para-hydroxylation sites is 2. The summed E-state index contributed by atoms with van der Waals surface area (Å²) < 4.78 is 34.0. The molecular weight excluding hydrogens is 492 g/mol. The molecular formula is C24H23ClN4O5S. The summed E-state index contributed by atoms with van der Waals surface area (Å²) in [6.07, 6.45) is 3.51. The number of aromatic nitrogens is 1. The molecule has 0 saturated heterocycles. The van der Waals surface area contributed by atoms with E-state index in [-0.39, 0.29) is 27.8 Å². The van der Waals surface area contributed by atoms with Crippen molar-refractivity contribution in [2.75, 3.05) is 23.3 Å². The van der Waals surface area contributed by atoms with E-state index in [2.05, 4.69) is 15.6 Å². The minimum atomic E-state index is -4.36. The second-order valence-corrected chi connectivity index (χ2v) is 10.00. The van der Waals surface area contributed by atoms with E-state index in [1.54, 1.807) is 36.7 Å². The molecule has 4 rings (SSSR count). The Morgan fingerprint density at radius 2 is 1.91 bits per heavy atom. The number of nitrogens with zero attached hydrogens (tertiary/aromatic N) is 2. The van der Waals surface area contributed by atoms with Gasteiger partial charge in [-0.15, -0.1) is 0 Å². The third kappa shape index (κ3) is 5.23. The molecule has 2 N–H and O–H groups in total. The van der Waals surface area contributed by atoms with Crippen LogP contribution in [0.15, 0.2) is 71.9 Å². The number of methoxy groups -OCH3 is 1. The molecule has 0 spiro atoms. The first-order valence-electron chi connectivity index (χ1n) is 10.7. The maximum Gasteiger partial charge on any atom is 0.268 e. The lowest BCUT2D eigenvalue weighted by atomic mass is 10.1. The summed E-state index contributed by atoms with van der Waals surface area (Å²) >= 11 is 6.09. The zero-order chi connectivity index (χ0) is 25.0. The van der Waals surface area contributed by atoms with Crippen molar-refractivity contribution >= 4 is 44.8 Å². The Morgan fingerprint density at radius 3 is 2.66 bits per heavy atom. The number of hydrogen-bond donors (Lipinski definition) is 2. The van der Waals surface area contributed by atoms with E-state index < -0.39 is 27.9 Å². The molecule has 9 nitrogen and oxygen atoms in total. The highest BCUT2D eigenvalue weighted by molar-refractivity contribution is 7.93. The molecule has 0 unspecified atom stereocenters. The molecule has 182 valence electrons. The van der Waals surface area contributed by atoms with E-state index >= 15 is 0 Å². The Hall–Kier alpha value is -3.63. The van der Waals surface area contributed by atoms with Crippen LogP contribution in [0.5, 0.6) is 5.75 Å². The van der Waals surface area contributed by atoms with Gasteiger partial charge in [0.1, 0.15) is 16.7 Å². The fourth-order valence-electron chi connectivity index (χ4n) is 3.84. The summed E-state index contributed by atoms with van der Waals surface area (Å²) in [5.74, 6) is -1.01. The number of rotatable bonds is 8. The lowest BCUT2D eigenvalue weighted by Crippen LogP contribution is -2.52. The maximum absolute atomic E-state index is 13.9. The average molecular weight is 515 g/mol. The van der Waals surface area contributed by atoms with Gasteiger partial charge in [-0.25, -0.2) is 8.42 Å². The van der Waals surface area contributed by atoms with Crippen molar-refractivity contribution in [3.63, 3.8) is 0 Å². The van der Waals surface area contributed by atoms with Crippen LogP contribution in [0.1, 0.15) is 12.0 Å². The number of halogens is 1. The zero-order valence-corrected chi connectivity index (χ0v) is 20.3. The Balaban J connectivity index is 1.65. The number of nitrogens with one attached hydrogen (secondary N) is 2. The fraction of sp³-hybridized carbons (Fsp3) is 0.208. The van der Waals surface area contributed by atoms with E-state index in [1.165, 1.54) is 25.3 Å². The summed E-state index contributed by atoms with van der Waals surface area (Å²) in [6.45, 7) is 0.322. The third-order valence-electron chi connectivity index (χ3n) is 5.51. The number of carbonyl (C=O) groups excluding carboxylic acids is 2. The number of sulfonamides is 1. The summed E-state index contributed by atoms with van der Waals surface area (Å²) in [5, 5.41) is 5.65. The van der Waals surface area contributed by atoms with E-state index in [4.69, 9.17) is 16.3 Å². The predicted molar refractivity (Wildman–Crippen MR) is 132 cm³/mol. The average Bonchev–Trinajstić information content (AvgIpc) is 2.85. The largest absolute Gasteiger partial charge is 0.495 e. The van der Waals surface area contributed by atoms with Crippen molar-refractivity contribution in [2.45, 2.75) is 23.8 Å². The Kier molecular flexibility index (Phi) is 7.23. The smallest absolute Gasteiger partial charge is 0.268 e. The van der Waals surface area contributed by atoms with Crippen molar-refractivity contribution in [2.24, 2.45) is 0 Å². The van der Waals surface area contributed by atoms with Gasteiger partial charge in [0.15, 0.2) is 0 Å². The second kappa shape index (κ2) is 10.3.